The highest BCUT2D eigenvalue weighted by Crippen LogP contribution is 2.31. The number of benzene rings is 2. The molecule has 5 nitrogen and oxygen atoms in total. The lowest BCUT2D eigenvalue weighted by molar-refractivity contribution is -0.114. The summed E-state index contributed by atoms with van der Waals surface area (Å²) >= 11 is 12.0. The van der Waals surface area contributed by atoms with Gasteiger partial charge in [-0.1, -0.05) is 35.3 Å². The second-order valence-electron chi connectivity index (χ2n) is 5.16. The molecule has 0 heterocycles. The molecule has 0 atom stereocenters. The van der Waals surface area contributed by atoms with E-state index in [2.05, 4.69) is 10.1 Å². The van der Waals surface area contributed by atoms with Crippen molar-refractivity contribution in [2.45, 2.75) is 0 Å². The van der Waals surface area contributed by atoms with Gasteiger partial charge < -0.3 is 15.0 Å². The lowest BCUT2D eigenvalue weighted by atomic mass is 10.1. The summed E-state index contributed by atoms with van der Waals surface area (Å²) in [7, 11) is 2.78. The Bertz CT molecular complexity index is 814. The first-order valence-corrected chi connectivity index (χ1v) is 7.92. The zero-order valence-corrected chi connectivity index (χ0v) is 15.0. The zero-order valence-electron chi connectivity index (χ0n) is 13.5. The lowest BCUT2D eigenvalue weighted by Gasteiger charge is -2.20. The predicted octanol–water partition coefficient (Wildman–Crippen LogP) is 3.99. The average Bonchev–Trinajstić information content (AvgIpc) is 2.56. The third-order valence-corrected chi connectivity index (χ3v) is 3.89. The van der Waals surface area contributed by atoms with Gasteiger partial charge in [-0.15, -0.1) is 0 Å². The highest BCUT2D eigenvalue weighted by atomic mass is 35.5. The molecule has 2 aromatic carbocycles. The summed E-state index contributed by atoms with van der Waals surface area (Å²) in [5.74, 6) is -1.63. The van der Waals surface area contributed by atoms with Crippen LogP contribution in [-0.4, -0.2) is 32.6 Å². The first-order valence-electron chi connectivity index (χ1n) is 7.16. The van der Waals surface area contributed by atoms with Gasteiger partial charge in [-0.05, 0) is 24.3 Å². The highest BCUT2D eigenvalue weighted by molar-refractivity contribution is 6.37. The maximum Gasteiger partial charge on any atom is 0.340 e. The first-order chi connectivity index (χ1) is 11.8. The van der Waals surface area contributed by atoms with E-state index in [1.54, 1.807) is 25.2 Å². The fourth-order valence-corrected chi connectivity index (χ4v) is 2.75. The minimum atomic E-state index is -0.692. The minimum Gasteiger partial charge on any atom is -0.465 e. The molecule has 0 fully saturated rings. The van der Waals surface area contributed by atoms with Gasteiger partial charge in [0.15, 0.2) is 0 Å². The van der Waals surface area contributed by atoms with Gasteiger partial charge >= 0.3 is 5.97 Å². The Kier molecular flexibility index (Phi) is 6.22. The van der Waals surface area contributed by atoms with Crippen molar-refractivity contribution in [2.75, 3.05) is 30.9 Å². The SMILES string of the molecule is COC(=O)c1cc(Cl)cc(Cl)c1NC(=O)CN(C)c1ccccc1F. The number of rotatable bonds is 5. The van der Waals surface area contributed by atoms with Crippen LogP contribution in [0.1, 0.15) is 10.4 Å². The molecule has 1 N–H and O–H groups in total. The molecule has 0 aliphatic rings. The van der Waals surface area contributed by atoms with Crippen LogP contribution in [0.25, 0.3) is 0 Å². The number of carbonyl (C=O) groups excluding carboxylic acids is 2. The van der Waals surface area contributed by atoms with E-state index in [0.29, 0.717) is 0 Å². The molecule has 0 saturated heterocycles. The molecule has 0 bridgehead atoms. The Morgan fingerprint density at radius 2 is 1.92 bits per heavy atom. The van der Waals surface area contributed by atoms with Crippen LogP contribution in [0.2, 0.25) is 10.0 Å². The van der Waals surface area contributed by atoms with Crippen LogP contribution in [0.15, 0.2) is 36.4 Å². The summed E-state index contributed by atoms with van der Waals surface area (Å²) in [6.07, 6.45) is 0. The molecule has 1 amide bonds. The van der Waals surface area contributed by atoms with E-state index in [9.17, 15) is 14.0 Å². The van der Waals surface area contributed by atoms with Crippen LogP contribution in [0, 0.1) is 5.82 Å². The van der Waals surface area contributed by atoms with Crippen molar-refractivity contribution in [3.8, 4) is 0 Å². The number of halogens is 3. The molecular weight excluding hydrogens is 370 g/mol. The smallest absolute Gasteiger partial charge is 0.340 e. The predicted molar refractivity (Wildman–Crippen MR) is 96.1 cm³/mol. The third kappa shape index (κ3) is 4.61. The second kappa shape index (κ2) is 8.18. The number of hydrogen-bond donors (Lipinski definition) is 1. The third-order valence-electron chi connectivity index (χ3n) is 3.37. The number of esters is 1. The average molecular weight is 385 g/mol. The number of carbonyl (C=O) groups is 2. The van der Waals surface area contributed by atoms with Gasteiger partial charge in [-0.3, -0.25) is 4.79 Å². The number of methoxy groups -OCH3 is 1. The molecule has 25 heavy (non-hydrogen) atoms. The number of nitrogens with zero attached hydrogens (tertiary/aromatic N) is 1. The Morgan fingerprint density at radius 1 is 1.24 bits per heavy atom. The fraction of sp³-hybridized carbons (Fsp3) is 0.176. The van der Waals surface area contributed by atoms with E-state index in [1.165, 1.54) is 30.2 Å². The lowest BCUT2D eigenvalue weighted by Crippen LogP contribution is -2.31. The monoisotopic (exact) mass is 384 g/mol. The number of hydrogen-bond acceptors (Lipinski definition) is 4. The van der Waals surface area contributed by atoms with Gasteiger partial charge in [0.05, 0.1) is 35.6 Å². The quantitative estimate of drug-likeness (QED) is 0.791. The molecule has 0 radical (unpaired) electrons. The summed E-state index contributed by atoms with van der Waals surface area (Å²) in [6.45, 7) is -0.152. The number of likely N-dealkylation sites (N-methyl/N-ethyl adjacent to an activating group) is 1. The standard InChI is InChI=1S/C17H15Cl2FN2O3/c1-22(14-6-4-3-5-13(14)20)9-15(23)21-16-11(17(24)25-2)7-10(18)8-12(16)19/h3-8H,9H2,1-2H3,(H,21,23). The zero-order chi connectivity index (χ0) is 18.6. The number of anilines is 2. The second-order valence-corrected chi connectivity index (χ2v) is 6.00. The van der Waals surface area contributed by atoms with Crippen molar-refractivity contribution in [1.29, 1.82) is 0 Å². The molecule has 2 aromatic rings. The molecule has 0 saturated carbocycles. The number of ether oxygens (including phenoxy) is 1. The van der Waals surface area contributed by atoms with Crippen molar-refractivity contribution in [3.05, 3.63) is 57.8 Å². The molecule has 132 valence electrons. The van der Waals surface area contributed by atoms with Crippen LogP contribution in [0.5, 0.6) is 0 Å². The largest absolute Gasteiger partial charge is 0.465 e. The number of nitrogens with one attached hydrogen (secondary N) is 1. The topological polar surface area (TPSA) is 58.6 Å². The van der Waals surface area contributed by atoms with Gasteiger partial charge in [0.1, 0.15) is 5.82 Å². The summed E-state index contributed by atoms with van der Waals surface area (Å²) < 4.78 is 18.4. The number of para-hydroxylation sites is 1. The molecule has 0 unspecified atom stereocenters. The molecule has 0 spiro atoms. The summed E-state index contributed by atoms with van der Waals surface area (Å²) in [5.41, 5.74) is 0.389. The van der Waals surface area contributed by atoms with Crippen LogP contribution < -0.4 is 10.2 Å². The van der Waals surface area contributed by atoms with Gasteiger partial charge in [0.2, 0.25) is 5.91 Å². The molecular formula is C17H15Cl2FN2O3. The first kappa shape index (κ1) is 19.0. The molecule has 0 aromatic heterocycles. The Morgan fingerprint density at radius 3 is 2.56 bits per heavy atom. The van der Waals surface area contributed by atoms with Crippen LogP contribution in [0.3, 0.4) is 0 Å². The van der Waals surface area contributed by atoms with Crippen molar-refractivity contribution in [1.82, 2.24) is 0 Å². The molecule has 8 heteroatoms. The van der Waals surface area contributed by atoms with Crippen molar-refractivity contribution < 1.29 is 18.7 Å². The van der Waals surface area contributed by atoms with Crippen molar-refractivity contribution >= 4 is 46.5 Å². The van der Waals surface area contributed by atoms with Crippen LogP contribution in [0.4, 0.5) is 15.8 Å². The molecule has 0 aliphatic heterocycles. The van der Waals surface area contributed by atoms with E-state index in [0.717, 1.165) is 0 Å². The van der Waals surface area contributed by atoms with Gasteiger partial charge in [0, 0.05) is 12.1 Å². The maximum atomic E-state index is 13.8. The van der Waals surface area contributed by atoms with E-state index >= 15 is 0 Å². The Hall–Kier alpha value is -2.31. The van der Waals surface area contributed by atoms with Crippen molar-refractivity contribution in [3.63, 3.8) is 0 Å². The molecule has 0 aliphatic carbocycles. The van der Waals surface area contributed by atoms with Crippen LogP contribution in [-0.2, 0) is 9.53 Å². The minimum absolute atomic E-state index is 0.0295. The summed E-state index contributed by atoms with van der Waals surface area (Å²) in [5, 5.41) is 2.87. The normalized spacial score (nSPS) is 10.3. The van der Waals surface area contributed by atoms with E-state index in [4.69, 9.17) is 23.2 Å². The maximum absolute atomic E-state index is 13.8. The molecule has 2 rings (SSSR count). The van der Waals surface area contributed by atoms with Crippen LogP contribution >= 0.6 is 23.2 Å². The van der Waals surface area contributed by atoms with Gasteiger partial charge in [-0.2, -0.15) is 0 Å². The number of amides is 1. The summed E-state index contributed by atoms with van der Waals surface area (Å²) in [4.78, 5) is 25.6. The van der Waals surface area contributed by atoms with Crippen molar-refractivity contribution in [2.24, 2.45) is 0 Å². The van der Waals surface area contributed by atoms with Gasteiger partial charge in [0.25, 0.3) is 0 Å². The highest BCUT2D eigenvalue weighted by Gasteiger charge is 2.19. The fourth-order valence-electron chi connectivity index (χ4n) is 2.21. The van der Waals surface area contributed by atoms with E-state index in [1.807, 2.05) is 0 Å². The van der Waals surface area contributed by atoms with Gasteiger partial charge in [-0.25, -0.2) is 9.18 Å². The summed E-state index contributed by atoms with van der Waals surface area (Å²) in [6, 6.07) is 8.81. The Labute approximate surface area is 154 Å². The Balaban J connectivity index is 2.21. The van der Waals surface area contributed by atoms with E-state index in [-0.39, 0.29) is 33.5 Å². The van der Waals surface area contributed by atoms with E-state index < -0.39 is 17.7 Å².